The van der Waals surface area contributed by atoms with E-state index in [0.29, 0.717) is 0 Å². The largest absolute Gasteiger partial charge is 0.352 e. The second kappa shape index (κ2) is 7.08. The predicted molar refractivity (Wildman–Crippen MR) is 56.3 cm³/mol. The summed E-state index contributed by atoms with van der Waals surface area (Å²) >= 11 is 0. The molecule has 0 atom stereocenters. The first kappa shape index (κ1) is 13.7. The molecule has 0 amide bonds. The van der Waals surface area contributed by atoms with Crippen molar-refractivity contribution < 1.29 is 32.7 Å². The maximum atomic E-state index is 4.21. The van der Waals surface area contributed by atoms with E-state index < -0.39 is 0 Å². The van der Waals surface area contributed by atoms with Crippen LogP contribution in [0, 0.1) is 19.9 Å². The van der Waals surface area contributed by atoms with E-state index in [0.717, 1.165) is 10.9 Å². The van der Waals surface area contributed by atoms with E-state index in [9.17, 15) is 0 Å². The van der Waals surface area contributed by atoms with Crippen LogP contribution in [0.15, 0.2) is 30.5 Å². The van der Waals surface area contributed by atoms with E-state index in [1.54, 1.807) is 13.1 Å². The van der Waals surface area contributed by atoms with Crippen molar-refractivity contribution >= 4 is 10.9 Å². The molecule has 14 heavy (non-hydrogen) atoms. The summed E-state index contributed by atoms with van der Waals surface area (Å²) in [6.45, 7) is 7.06. The minimum atomic E-state index is 0. The van der Waals surface area contributed by atoms with Gasteiger partial charge in [0.15, 0.2) is 0 Å². The second-order valence-corrected chi connectivity index (χ2v) is 2.61. The summed E-state index contributed by atoms with van der Waals surface area (Å²) < 4.78 is 0. The van der Waals surface area contributed by atoms with E-state index in [4.69, 9.17) is 0 Å². The van der Waals surface area contributed by atoms with Gasteiger partial charge >= 0.3 is 0 Å². The quantitative estimate of drug-likeness (QED) is 0.663. The first-order valence-electron chi connectivity index (χ1n) is 4.30. The molecule has 0 saturated heterocycles. The maximum absolute atomic E-state index is 4.21. The fourth-order valence-corrected chi connectivity index (χ4v) is 1.12. The average molecular weight is 260 g/mol. The third kappa shape index (κ3) is 3.47. The van der Waals surface area contributed by atoms with Crippen LogP contribution in [0.3, 0.4) is 0 Å². The number of hydrogen-bond acceptors (Lipinski definition) is 1. The molecule has 0 saturated carbocycles. The number of aryl methyl sites for hydroxylation is 1. The molecule has 2 heteroatoms. The second-order valence-electron chi connectivity index (χ2n) is 2.61. The molecule has 0 unspecified atom stereocenters. The Bertz CT molecular complexity index is 385. The van der Waals surface area contributed by atoms with Crippen molar-refractivity contribution in [3.63, 3.8) is 0 Å². The van der Waals surface area contributed by atoms with Crippen molar-refractivity contribution in [2.24, 2.45) is 0 Å². The molecule has 1 heterocycles. The van der Waals surface area contributed by atoms with Gasteiger partial charge in [0.2, 0.25) is 0 Å². The number of benzene rings is 1. The number of fused-ring (bicyclic) bond motifs is 1. The minimum Gasteiger partial charge on any atom is -0.352 e. The summed E-state index contributed by atoms with van der Waals surface area (Å²) in [5.74, 6) is 0. The Morgan fingerprint density at radius 1 is 1.29 bits per heavy atom. The molecule has 0 spiro atoms. The zero-order valence-electron chi connectivity index (χ0n) is 8.62. The molecule has 0 aliphatic heterocycles. The third-order valence-corrected chi connectivity index (χ3v) is 1.68. The SMILES string of the molecule is Cc1ccc2[c-]ccnc2c1.[CH2-]C.[Y]. The molecule has 0 fully saturated rings. The molecule has 0 aliphatic carbocycles. The minimum absolute atomic E-state index is 0. The van der Waals surface area contributed by atoms with Crippen molar-refractivity contribution in [2.75, 3.05) is 0 Å². The molecule has 1 radical (unpaired) electrons. The Labute approximate surface area is 111 Å². The molecule has 2 rings (SSSR count). The Morgan fingerprint density at radius 2 is 2.00 bits per heavy atom. The van der Waals surface area contributed by atoms with Gasteiger partial charge in [-0.05, 0) is 12.4 Å². The fourth-order valence-electron chi connectivity index (χ4n) is 1.12. The van der Waals surface area contributed by atoms with E-state index in [2.05, 4.69) is 37.0 Å². The number of aromatic nitrogens is 1. The van der Waals surface area contributed by atoms with Gasteiger partial charge < -0.3 is 11.9 Å². The third-order valence-electron chi connectivity index (χ3n) is 1.68. The van der Waals surface area contributed by atoms with Crippen LogP contribution in [-0.4, -0.2) is 4.98 Å². The van der Waals surface area contributed by atoms with Crippen LogP contribution in [0.5, 0.6) is 0 Å². The summed E-state index contributed by atoms with van der Waals surface area (Å²) in [5.41, 5.74) is 2.26. The zero-order chi connectivity index (χ0) is 9.68. The number of pyridine rings is 1. The summed E-state index contributed by atoms with van der Waals surface area (Å²) in [6.07, 6.45) is 1.77. The monoisotopic (exact) mass is 260 g/mol. The van der Waals surface area contributed by atoms with Gasteiger partial charge in [-0.1, -0.05) is 17.8 Å². The van der Waals surface area contributed by atoms with Crippen molar-refractivity contribution in [1.82, 2.24) is 4.98 Å². The van der Waals surface area contributed by atoms with Gasteiger partial charge in [-0.25, -0.2) is 0 Å². The van der Waals surface area contributed by atoms with Crippen molar-refractivity contribution in [1.29, 1.82) is 0 Å². The summed E-state index contributed by atoms with van der Waals surface area (Å²) in [6, 6.07) is 11.1. The first-order valence-corrected chi connectivity index (χ1v) is 4.30. The van der Waals surface area contributed by atoms with Gasteiger partial charge in [-0.2, -0.15) is 6.92 Å². The Hall–Kier alpha value is -0.266. The Kier molecular flexibility index (Phi) is 6.95. The summed E-state index contributed by atoms with van der Waals surface area (Å²) in [4.78, 5) is 4.21. The van der Waals surface area contributed by atoms with Gasteiger partial charge in [0.1, 0.15) is 0 Å². The summed E-state index contributed by atoms with van der Waals surface area (Å²) in [5, 5.41) is 1.08. The van der Waals surface area contributed by atoms with Crippen LogP contribution in [0.1, 0.15) is 12.5 Å². The summed E-state index contributed by atoms with van der Waals surface area (Å²) in [7, 11) is 0. The molecular weight excluding hydrogens is 247 g/mol. The van der Waals surface area contributed by atoms with E-state index in [-0.39, 0.29) is 32.7 Å². The van der Waals surface area contributed by atoms with Crippen LogP contribution in [0.25, 0.3) is 10.9 Å². The van der Waals surface area contributed by atoms with Crippen LogP contribution in [0.2, 0.25) is 0 Å². The van der Waals surface area contributed by atoms with Crippen LogP contribution >= 0.6 is 0 Å². The smallest absolute Gasteiger partial charge is 0 e. The molecule has 1 aromatic heterocycles. The van der Waals surface area contributed by atoms with Crippen molar-refractivity contribution in [2.45, 2.75) is 13.8 Å². The van der Waals surface area contributed by atoms with Gasteiger partial charge in [0.25, 0.3) is 0 Å². The van der Waals surface area contributed by atoms with Gasteiger partial charge in [0.05, 0.1) is 0 Å². The van der Waals surface area contributed by atoms with Crippen LogP contribution in [-0.2, 0) is 32.7 Å². The molecule has 1 nitrogen and oxygen atoms in total. The number of hydrogen-bond donors (Lipinski definition) is 0. The molecule has 0 aliphatic rings. The van der Waals surface area contributed by atoms with E-state index in [1.807, 2.05) is 12.1 Å². The van der Waals surface area contributed by atoms with Gasteiger partial charge in [-0.15, -0.1) is 29.7 Å². The maximum Gasteiger partial charge on any atom is 0 e. The average Bonchev–Trinajstić information content (AvgIpc) is 2.21. The van der Waals surface area contributed by atoms with E-state index in [1.165, 1.54) is 5.56 Å². The Morgan fingerprint density at radius 3 is 2.71 bits per heavy atom. The Balaban J connectivity index is 0.000000531. The zero-order valence-corrected chi connectivity index (χ0v) is 11.5. The molecule has 71 valence electrons. The number of nitrogens with zero attached hydrogens (tertiary/aromatic N) is 1. The molecule has 2 aromatic rings. The van der Waals surface area contributed by atoms with Gasteiger partial charge in [0, 0.05) is 32.7 Å². The van der Waals surface area contributed by atoms with Crippen LogP contribution < -0.4 is 0 Å². The molecule has 1 aromatic carbocycles. The van der Waals surface area contributed by atoms with E-state index >= 15 is 0 Å². The normalized spacial score (nSPS) is 8.50. The van der Waals surface area contributed by atoms with Crippen molar-refractivity contribution in [3.05, 3.63) is 49.0 Å². The van der Waals surface area contributed by atoms with Crippen molar-refractivity contribution in [3.8, 4) is 0 Å². The topological polar surface area (TPSA) is 12.9 Å². The molecule has 0 bridgehead atoms. The van der Waals surface area contributed by atoms with Gasteiger partial charge in [-0.3, -0.25) is 0 Å². The number of rotatable bonds is 0. The van der Waals surface area contributed by atoms with Crippen LogP contribution in [0.4, 0.5) is 0 Å². The predicted octanol–water partition coefficient (Wildman–Crippen LogP) is 3.18. The first-order chi connectivity index (χ1) is 6.36. The fraction of sp³-hybridized carbons (Fsp3) is 0.167. The molecule has 0 N–H and O–H groups in total. The molecular formula is C12H13NY-2. The standard InChI is InChI=1S/C10H8N.C2H5.Y/c1-8-4-5-9-3-2-6-11-10(9)7-8;1-2;/h2,4-7H,1H3;1H2,2H3;/q2*-1;.